The van der Waals surface area contributed by atoms with Crippen molar-refractivity contribution in [3.05, 3.63) is 16.3 Å². The van der Waals surface area contributed by atoms with Gasteiger partial charge in [-0.15, -0.1) is 17.8 Å². The Bertz CT molecular complexity index is 622. The molecule has 0 atom stereocenters. The first kappa shape index (κ1) is 11.1. The monoisotopic (exact) mass is 260 g/mol. The molecule has 0 fully saturated rings. The van der Waals surface area contributed by atoms with E-state index in [1.165, 1.54) is 35.1 Å². The highest BCUT2D eigenvalue weighted by molar-refractivity contribution is 7.99. The summed E-state index contributed by atoms with van der Waals surface area (Å²) in [6.07, 6.45) is 8.98. The summed E-state index contributed by atoms with van der Waals surface area (Å²) in [4.78, 5) is 11.7. The molecule has 0 amide bonds. The smallest absolute Gasteiger partial charge is 0.128 e. The molecule has 0 aliphatic heterocycles. The Balaban J connectivity index is 2.21. The van der Waals surface area contributed by atoms with Crippen LogP contribution in [0.4, 0.5) is 0 Å². The van der Waals surface area contributed by atoms with Crippen LogP contribution in [0, 0.1) is 19.3 Å². The molecule has 2 nitrogen and oxygen atoms in total. The van der Waals surface area contributed by atoms with E-state index in [9.17, 15) is 0 Å². The molecule has 0 N–H and O–H groups in total. The normalized spacial score (nSPS) is 13.9. The molecule has 1 aliphatic carbocycles. The Kier molecular flexibility index (Phi) is 2.81. The van der Waals surface area contributed by atoms with Crippen molar-refractivity contribution < 1.29 is 0 Å². The lowest BCUT2D eigenvalue weighted by Gasteiger charge is -2.03. The number of thioether (sulfide) groups is 1. The lowest BCUT2D eigenvalue weighted by Crippen LogP contribution is -1.92. The molecule has 0 radical (unpaired) electrons. The summed E-state index contributed by atoms with van der Waals surface area (Å²) in [5.41, 5.74) is 1.48. The van der Waals surface area contributed by atoms with E-state index in [1.807, 2.05) is 18.3 Å². The Labute approximate surface area is 109 Å². The SMILES string of the molecule is C#CCSc1nc(C)nc2sc3c(c12)CCC3. The molecule has 4 heteroatoms. The van der Waals surface area contributed by atoms with E-state index < -0.39 is 0 Å². The molecule has 3 rings (SSSR count). The topological polar surface area (TPSA) is 25.8 Å². The molecular weight excluding hydrogens is 248 g/mol. The average Bonchev–Trinajstić information content (AvgIpc) is 2.84. The van der Waals surface area contributed by atoms with E-state index in [0.717, 1.165) is 15.7 Å². The number of terminal acetylenes is 1. The molecule has 2 aromatic heterocycles. The Morgan fingerprint density at radius 3 is 3.12 bits per heavy atom. The second-order valence-corrected chi connectivity index (χ2v) is 6.15. The number of thiophene rings is 1. The van der Waals surface area contributed by atoms with Crippen molar-refractivity contribution in [1.82, 2.24) is 9.97 Å². The van der Waals surface area contributed by atoms with E-state index in [0.29, 0.717) is 5.75 Å². The quantitative estimate of drug-likeness (QED) is 0.471. The van der Waals surface area contributed by atoms with Crippen LogP contribution in [-0.2, 0) is 12.8 Å². The molecule has 0 saturated heterocycles. The van der Waals surface area contributed by atoms with Gasteiger partial charge in [0.1, 0.15) is 15.7 Å². The largest absolute Gasteiger partial charge is 0.226 e. The van der Waals surface area contributed by atoms with Crippen molar-refractivity contribution in [2.24, 2.45) is 0 Å². The highest BCUT2D eigenvalue weighted by Crippen LogP contribution is 2.40. The van der Waals surface area contributed by atoms with Gasteiger partial charge in [0.25, 0.3) is 0 Å². The number of aromatic nitrogens is 2. The van der Waals surface area contributed by atoms with Gasteiger partial charge >= 0.3 is 0 Å². The standard InChI is InChI=1S/C13H12N2S2/c1-3-7-16-12-11-9-5-4-6-10(9)17-13(11)15-8(2)14-12/h1H,4-7H2,2H3. The van der Waals surface area contributed by atoms with Crippen LogP contribution < -0.4 is 0 Å². The number of nitrogens with zero attached hydrogens (tertiary/aromatic N) is 2. The number of hydrogen-bond acceptors (Lipinski definition) is 4. The number of hydrogen-bond donors (Lipinski definition) is 0. The minimum absolute atomic E-state index is 0.677. The van der Waals surface area contributed by atoms with E-state index >= 15 is 0 Å². The molecule has 0 saturated carbocycles. The first-order chi connectivity index (χ1) is 8.29. The van der Waals surface area contributed by atoms with Gasteiger partial charge in [-0.05, 0) is 31.7 Å². The zero-order valence-electron chi connectivity index (χ0n) is 9.62. The zero-order valence-corrected chi connectivity index (χ0v) is 11.2. The summed E-state index contributed by atoms with van der Waals surface area (Å²) >= 11 is 3.49. The Morgan fingerprint density at radius 2 is 2.29 bits per heavy atom. The van der Waals surface area contributed by atoms with Crippen LogP contribution in [-0.4, -0.2) is 15.7 Å². The summed E-state index contributed by atoms with van der Waals surface area (Å²) in [6.45, 7) is 1.95. The summed E-state index contributed by atoms with van der Waals surface area (Å²) < 4.78 is 0. The predicted molar refractivity (Wildman–Crippen MR) is 73.7 cm³/mol. The summed E-state index contributed by atoms with van der Waals surface area (Å²) in [7, 11) is 0. The van der Waals surface area contributed by atoms with Crippen LogP contribution in [0.5, 0.6) is 0 Å². The van der Waals surface area contributed by atoms with E-state index in [2.05, 4.69) is 15.9 Å². The molecule has 0 spiro atoms. The number of fused-ring (bicyclic) bond motifs is 3. The van der Waals surface area contributed by atoms with Crippen LogP contribution in [0.15, 0.2) is 5.03 Å². The lowest BCUT2D eigenvalue weighted by molar-refractivity contribution is 0.914. The molecule has 2 aromatic rings. The van der Waals surface area contributed by atoms with Crippen LogP contribution in [0.25, 0.3) is 10.2 Å². The molecule has 17 heavy (non-hydrogen) atoms. The third kappa shape index (κ3) is 1.84. The van der Waals surface area contributed by atoms with Crippen molar-refractivity contribution in [3.8, 4) is 12.3 Å². The second-order valence-electron chi connectivity index (χ2n) is 4.11. The van der Waals surface area contributed by atoms with Crippen LogP contribution >= 0.6 is 23.1 Å². The summed E-state index contributed by atoms with van der Waals surface area (Å²) in [6, 6.07) is 0. The maximum absolute atomic E-state index is 5.33. The molecule has 0 unspecified atom stereocenters. The maximum Gasteiger partial charge on any atom is 0.128 e. The molecule has 86 valence electrons. The minimum atomic E-state index is 0.677. The average molecular weight is 260 g/mol. The lowest BCUT2D eigenvalue weighted by atomic mass is 10.2. The fraction of sp³-hybridized carbons (Fsp3) is 0.385. The predicted octanol–water partition coefficient (Wildman–Crippen LogP) is 3.21. The third-order valence-corrected chi connectivity index (χ3v) is 5.00. The summed E-state index contributed by atoms with van der Waals surface area (Å²) in [5, 5.41) is 2.35. The van der Waals surface area contributed by atoms with Crippen molar-refractivity contribution in [2.45, 2.75) is 31.2 Å². The van der Waals surface area contributed by atoms with Crippen molar-refractivity contribution in [1.29, 1.82) is 0 Å². The van der Waals surface area contributed by atoms with Crippen LogP contribution in [0.1, 0.15) is 22.7 Å². The van der Waals surface area contributed by atoms with Gasteiger partial charge < -0.3 is 0 Å². The highest BCUT2D eigenvalue weighted by Gasteiger charge is 2.21. The fourth-order valence-corrected chi connectivity index (χ4v) is 4.43. The van der Waals surface area contributed by atoms with Gasteiger partial charge in [0.15, 0.2) is 0 Å². The van der Waals surface area contributed by atoms with Crippen LogP contribution in [0.3, 0.4) is 0 Å². The highest BCUT2D eigenvalue weighted by atomic mass is 32.2. The van der Waals surface area contributed by atoms with E-state index in [-0.39, 0.29) is 0 Å². The minimum Gasteiger partial charge on any atom is -0.226 e. The molecule has 2 heterocycles. The molecular formula is C13H12N2S2. The first-order valence-corrected chi connectivity index (χ1v) is 7.45. The van der Waals surface area contributed by atoms with E-state index in [4.69, 9.17) is 6.42 Å². The third-order valence-electron chi connectivity index (χ3n) is 2.94. The van der Waals surface area contributed by atoms with Crippen molar-refractivity contribution in [2.75, 3.05) is 5.75 Å². The van der Waals surface area contributed by atoms with Crippen molar-refractivity contribution >= 4 is 33.3 Å². The van der Waals surface area contributed by atoms with Gasteiger partial charge in [0.05, 0.1) is 5.75 Å². The zero-order chi connectivity index (χ0) is 11.8. The van der Waals surface area contributed by atoms with Gasteiger partial charge in [0.2, 0.25) is 0 Å². The fourth-order valence-electron chi connectivity index (χ4n) is 2.28. The van der Waals surface area contributed by atoms with Gasteiger partial charge in [-0.25, -0.2) is 9.97 Å². The Morgan fingerprint density at radius 1 is 1.41 bits per heavy atom. The van der Waals surface area contributed by atoms with E-state index in [1.54, 1.807) is 11.8 Å². The number of aryl methyl sites for hydroxylation is 3. The van der Waals surface area contributed by atoms with Gasteiger partial charge in [-0.2, -0.15) is 0 Å². The van der Waals surface area contributed by atoms with Crippen molar-refractivity contribution in [3.63, 3.8) is 0 Å². The molecule has 1 aliphatic rings. The molecule has 0 aromatic carbocycles. The van der Waals surface area contributed by atoms with Gasteiger partial charge in [-0.1, -0.05) is 17.7 Å². The summed E-state index contributed by atoms with van der Waals surface area (Å²) in [5.74, 6) is 4.19. The molecule has 0 bridgehead atoms. The van der Waals surface area contributed by atoms with Crippen LogP contribution in [0.2, 0.25) is 0 Å². The van der Waals surface area contributed by atoms with Gasteiger partial charge in [-0.3, -0.25) is 0 Å². The van der Waals surface area contributed by atoms with Gasteiger partial charge in [0, 0.05) is 10.3 Å². The Hall–Kier alpha value is -1.05. The number of rotatable bonds is 2. The maximum atomic E-state index is 5.33. The second kappa shape index (κ2) is 4.32. The first-order valence-electron chi connectivity index (χ1n) is 5.64.